The lowest BCUT2D eigenvalue weighted by Crippen LogP contribution is -2.62. The standard InChI is InChI=1S/C56H69N9O11S2/c1-33(66)48(55(74)63-45(28-35-14-6-3-7-15-35)54(73)64-47(32-78)56(75)76)65-50(69)42(18-10-11-25-57)59-51(70)46(30-37-19-22-38-16-8-9-17-39(38)26-37)62-53(72)44(29-36-20-23-40(67)24-21-36)61-52(71)43(60-49(68)41(58)31-77)27-34-12-4-2-5-13-34/h2-9,12-17,19-24,26,33,41-48,66-67,77-78H,10-11,18,25,27-32,57-58H2,1H3,(H,59,70)(H,60,68)(H,61,71)(H,62,72)(H,63,74)(H,64,73)(H,65,69)(H,75,76)/t33-,41-,42+,43+,44+,45+,46-,47+,48+/m1/s1. The Balaban J connectivity index is 1.46. The Morgan fingerprint density at radius 3 is 1.36 bits per heavy atom. The van der Waals surface area contributed by atoms with E-state index in [0.717, 1.165) is 10.8 Å². The second kappa shape index (κ2) is 31.0. The lowest BCUT2D eigenvalue weighted by Gasteiger charge is -2.29. The van der Waals surface area contributed by atoms with Crippen molar-refractivity contribution in [3.05, 3.63) is 150 Å². The number of rotatable bonds is 30. The first-order valence-electron chi connectivity index (χ1n) is 25.4. The Labute approximate surface area is 463 Å². The summed E-state index contributed by atoms with van der Waals surface area (Å²) in [4.78, 5) is 111. The van der Waals surface area contributed by atoms with Crippen LogP contribution in [-0.4, -0.2) is 135 Å². The van der Waals surface area contributed by atoms with Gasteiger partial charge in [-0.05, 0) is 77.9 Å². The first-order chi connectivity index (χ1) is 37.4. The molecule has 5 aromatic carbocycles. The van der Waals surface area contributed by atoms with Crippen molar-refractivity contribution in [1.29, 1.82) is 0 Å². The second-order valence-corrected chi connectivity index (χ2v) is 19.6. The van der Waals surface area contributed by atoms with Crippen LogP contribution in [0.3, 0.4) is 0 Å². The number of carboxylic acid groups (broad SMARTS) is 1. The maximum absolute atomic E-state index is 14.8. The van der Waals surface area contributed by atoms with Crippen LogP contribution in [0.25, 0.3) is 10.8 Å². The Hall–Kier alpha value is -7.50. The summed E-state index contributed by atoms with van der Waals surface area (Å²) < 4.78 is 0. The van der Waals surface area contributed by atoms with Crippen molar-refractivity contribution in [2.45, 2.75) is 106 Å². The topological polar surface area (TPSA) is 333 Å². The number of benzene rings is 5. The van der Waals surface area contributed by atoms with Crippen LogP contribution in [0.1, 0.15) is 48.4 Å². The quantitative estimate of drug-likeness (QED) is 0.0226. The third-order valence-corrected chi connectivity index (χ3v) is 13.5. The number of carbonyl (C=O) groups excluding carboxylic acids is 7. The highest BCUT2D eigenvalue weighted by atomic mass is 32.1. The molecule has 0 heterocycles. The number of aliphatic hydroxyl groups excluding tert-OH is 1. The molecule has 0 saturated carbocycles. The molecule has 20 nitrogen and oxygen atoms in total. The van der Waals surface area contributed by atoms with Gasteiger partial charge in [0.15, 0.2) is 0 Å². The molecule has 0 spiro atoms. The number of amides is 7. The Morgan fingerprint density at radius 2 is 0.885 bits per heavy atom. The number of carboxylic acids is 1. The number of thiol groups is 2. The summed E-state index contributed by atoms with van der Waals surface area (Å²) in [5.74, 6) is -7.56. The van der Waals surface area contributed by atoms with E-state index in [0.29, 0.717) is 35.1 Å². The van der Waals surface area contributed by atoms with E-state index in [1.807, 2.05) is 36.4 Å². The molecule has 416 valence electrons. The van der Waals surface area contributed by atoms with Gasteiger partial charge in [0.25, 0.3) is 0 Å². The van der Waals surface area contributed by atoms with Crippen LogP contribution in [-0.2, 0) is 64.0 Å². The fourth-order valence-corrected chi connectivity index (χ4v) is 8.74. The molecule has 5 aromatic rings. The molecule has 78 heavy (non-hydrogen) atoms. The molecule has 0 fully saturated rings. The van der Waals surface area contributed by atoms with E-state index >= 15 is 0 Å². The fourth-order valence-electron chi connectivity index (χ4n) is 8.32. The van der Waals surface area contributed by atoms with Crippen LogP contribution in [0.4, 0.5) is 0 Å². The van der Waals surface area contributed by atoms with E-state index in [4.69, 9.17) is 11.5 Å². The van der Waals surface area contributed by atoms with Gasteiger partial charge in [-0.15, -0.1) is 0 Å². The number of aliphatic hydroxyl groups is 1. The summed E-state index contributed by atoms with van der Waals surface area (Å²) in [6.07, 6.45) is -1.25. The van der Waals surface area contributed by atoms with Gasteiger partial charge in [-0.25, -0.2) is 4.79 Å². The number of carbonyl (C=O) groups is 8. The van der Waals surface area contributed by atoms with Crippen LogP contribution < -0.4 is 48.7 Å². The lowest BCUT2D eigenvalue weighted by atomic mass is 9.99. The van der Waals surface area contributed by atoms with Gasteiger partial charge in [-0.3, -0.25) is 33.6 Å². The van der Waals surface area contributed by atoms with Gasteiger partial charge < -0.3 is 64.0 Å². The smallest absolute Gasteiger partial charge is 0.327 e. The molecule has 0 aliphatic rings. The van der Waals surface area contributed by atoms with Crippen molar-refractivity contribution < 1.29 is 53.7 Å². The highest BCUT2D eigenvalue weighted by Gasteiger charge is 2.36. The van der Waals surface area contributed by atoms with Crippen LogP contribution in [0.2, 0.25) is 0 Å². The van der Waals surface area contributed by atoms with E-state index < -0.39 is 102 Å². The van der Waals surface area contributed by atoms with Gasteiger partial charge in [0, 0.05) is 37.2 Å². The maximum Gasteiger partial charge on any atom is 0.327 e. The number of hydrogen-bond acceptors (Lipinski definition) is 14. The van der Waals surface area contributed by atoms with E-state index in [1.165, 1.54) is 19.1 Å². The molecule has 5 rings (SSSR count). The SMILES string of the molecule is C[C@@H](O)[C@H](NC(=O)[C@H](CCCCN)NC(=O)[C@@H](Cc1ccc2ccccc2c1)NC(=O)[C@H](Cc1ccc(O)cc1)NC(=O)[C@H](Cc1ccccc1)NC(=O)[C@H](N)CS)C(=O)N[C@@H](Cc1ccccc1)C(=O)N[C@@H](CS)C(=O)O. The fraction of sp³-hybridized carbons (Fsp3) is 0.357. The number of phenols is 1. The molecule has 22 heteroatoms. The van der Waals surface area contributed by atoms with Gasteiger partial charge in [-0.1, -0.05) is 115 Å². The third-order valence-electron chi connectivity index (χ3n) is 12.7. The predicted molar refractivity (Wildman–Crippen MR) is 301 cm³/mol. The van der Waals surface area contributed by atoms with E-state index in [-0.39, 0.29) is 55.9 Å². The van der Waals surface area contributed by atoms with Crippen molar-refractivity contribution in [3.63, 3.8) is 0 Å². The lowest BCUT2D eigenvalue weighted by molar-refractivity contribution is -0.141. The zero-order valence-corrected chi connectivity index (χ0v) is 44.8. The number of aromatic hydroxyl groups is 1. The van der Waals surface area contributed by atoms with E-state index in [9.17, 15) is 53.7 Å². The average molecular weight is 1110 g/mol. The third kappa shape index (κ3) is 19.2. The predicted octanol–water partition coefficient (Wildman–Crippen LogP) is 0.991. The van der Waals surface area contributed by atoms with E-state index in [2.05, 4.69) is 62.5 Å². The molecular formula is C56H69N9O11S2. The minimum Gasteiger partial charge on any atom is -0.508 e. The van der Waals surface area contributed by atoms with Crippen molar-refractivity contribution in [3.8, 4) is 5.75 Å². The largest absolute Gasteiger partial charge is 0.508 e. The molecule has 0 aromatic heterocycles. The van der Waals surface area contributed by atoms with Crippen LogP contribution >= 0.6 is 25.3 Å². The summed E-state index contributed by atoms with van der Waals surface area (Å²) in [7, 11) is 0. The van der Waals surface area contributed by atoms with Gasteiger partial charge in [0.2, 0.25) is 41.4 Å². The first kappa shape index (κ1) is 61.4. The normalized spacial score (nSPS) is 14.6. The average Bonchev–Trinajstić information content (AvgIpc) is 3.43. The molecule has 0 aliphatic heterocycles. The number of phenolic OH excluding ortho intramolecular Hbond substituents is 1. The van der Waals surface area contributed by atoms with Crippen LogP contribution in [0, 0.1) is 0 Å². The highest BCUT2D eigenvalue weighted by Crippen LogP contribution is 2.19. The summed E-state index contributed by atoms with van der Waals surface area (Å²) in [5, 5.41) is 50.8. The molecule has 0 saturated heterocycles. The van der Waals surface area contributed by atoms with Crippen molar-refractivity contribution >= 4 is 83.3 Å². The second-order valence-electron chi connectivity index (χ2n) is 18.8. The molecule has 0 unspecified atom stereocenters. The number of nitrogens with one attached hydrogen (secondary N) is 7. The zero-order chi connectivity index (χ0) is 56.7. The minimum atomic E-state index is -1.71. The van der Waals surface area contributed by atoms with Gasteiger partial charge >= 0.3 is 5.97 Å². The zero-order valence-electron chi connectivity index (χ0n) is 43.0. The highest BCUT2D eigenvalue weighted by molar-refractivity contribution is 7.80. The first-order valence-corrected chi connectivity index (χ1v) is 26.7. The van der Waals surface area contributed by atoms with Gasteiger partial charge in [0.05, 0.1) is 12.1 Å². The molecule has 0 aliphatic carbocycles. The van der Waals surface area contributed by atoms with Crippen LogP contribution in [0.15, 0.2) is 127 Å². The Kier molecular flexibility index (Phi) is 24.4. The number of unbranched alkanes of at least 4 members (excludes halogenated alkanes) is 1. The Bertz CT molecular complexity index is 2810. The summed E-state index contributed by atoms with van der Waals surface area (Å²) >= 11 is 8.16. The minimum absolute atomic E-state index is 0.0106. The molecule has 9 atom stereocenters. The maximum atomic E-state index is 14.8. The van der Waals surface area contributed by atoms with E-state index in [1.54, 1.807) is 78.9 Å². The molecular weight excluding hydrogens is 1040 g/mol. The molecule has 0 radical (unpaired) electrons. The summed E-state index contributed by atoms with van der Waals surface area (Å²) in [6.45, 7) is 1.46. The number of nitrogens with two attached hydrogens (primary N) is 2. The Morgan fingerprint density at radius 1 is 0.474 bits per heavy atom. The van der Waals surface area contributed by atoms with Gasteiger partial charge in [-0.2, -0.15) is 25.3 Å². The number of fused-ring (bicyclic) bond motifs is 1. The molecule has 7 amide bonds. The number of hydrogen-bond donors (Lipinski definition) is 14. The number of aliphatic carboxylic acids is 1. The van der Waals surface area contributed by atoms with Gasteiger partial charge in [0.1, 0.15) is 48.0 Å². The summed E-state index contributed by atoms with van der Waals surface area (Å²) in [5.41, 5.74) is 14.2. The summed E-state index contributed by atoms with van der Waals surface area (Å²) in [6, 6.07) is 25.2. The molecule has 0 bridgehead atoms. The van der Waals surface area contributed by atoms with Crippen molar-refractivity contribution in [2.24, 2.45) is 11.5 Å². The molecule has 14 N–H and O–H groups in total. The monoisotopic (exact) mass is 1110 g/mol. The van der Waals surface area contributed by atoms with Crippen LogP contribution in [0.5, 0.6) is 5.75 Å². The van der Waals surface area contributed by atoms with Crippen molar-refractivity contribution in [2.75, 3.05) is 18.1 Å². The van der Waals surface area contributed by atoms with Crippen molar-refractivity contribution in [1.82, 2.24) is 37.2 Å².